The van der Waals surface area contributed by atoms with E-state index in [0.717, 1.165) is 12.1 Å². The predicted octanol–water partition coefficient (Wildman–Crippen LogP) is 4.72. The van der Waals surface area contributed by atoms with Crippen LogP contribution in [0.4, 0.5) is 13.2 Å². The molecule has 0 radical (unpaired) electrons. The molecule has 0 saturated heterocycles. The standard InChI is InChI=1S/C20H19F3N2O3S/c1-13(14-8-6-9-16(11-14)20(21,22)23)24-28-12-15-7-4-5-10-17(15)18(25-27-3)19(29)26-2/h4-11,24H,1,12H2,2-3H3. The third-order valence-corrected chi connectivity index (χ3v) is 4.16. The van der Waals surface area contributed by atoms with Crippen LogP contribution >= 0.6 is 12.2 Å². The summed E-state index contributed by atoms with van der Waals surface area (Å²) in [4.78, 5) is 10.3. The number of hydrogen-bond acceptors (Lipinski definition) is 6. The van der Waals surface area contributed by atoms with Gasteiger partial charge in [0, 0.05) is 5.56 Å². The molecule has 0 saturated carbocycles. The van der Waals surface area contributed by atoms with E-state index in [0.29, 0.717) is 16.8 Å². The zero-order valence-corrected chi connectivity index (χ0v) is 16.6. The summed E-state index contributed by atoms with van der Waals surface area (Å²) >= 11 is 5.15. The molecule has 0 amide bonds. The van der Waals surface area contributed by atoms with Gasteiger partial charge in [-0.25, -0.2) is 0 Å². The molecule has 0 aliphatic carbocycles. The molecule has 0 aliphatic rings. The van der Waals surface area contributed by atoms with E-state index in [1.807, 2.05) is 0 Å². The summed E-state index contributed by atoms with van der Waals surface area (Å²) in [6, 6.07) is 11.9. The SMILES string of the molecule is C=C(NOCc1ccccc1C(=NOC)C(=S)OC)c1cccc(C(F)(F)F)c1. The van der Waals surface area contributed by atoms with Crippen molar-refractivity contribution in [3.63, 3.8) is 0 Å². The van der Waals surface area contributed by atoms with Crippen LogP contribution in [0.3, 0.4) is 0 Å². The van der Waals surface area contributed by atoms with E-state index >= 15 is 0 Å². The van der Waals surface area contributed by atoms with Gasteiger partial charge in [-0.1, -0.05) is 48.1 Å². The van der Waals surface area contributed by atoms with Crippen molar-refractivity contribution in [2.24, 2.45) is 5.16 Å². The third kappa shape index (κ3) is 6.03. The number of nitrogens with zero attached hydrogens (tertiary/aromatic N) is 1. The number of halogens is 3. The number of oxime groups is 1. The lowest BCUT2D eigenvalue weighted by molar-refractivity contribution is -0.137. The van der Waals surface area contributed by atoms with Crippen LogP contribution in [0.2, 0.25) is 0 Å². The molecule has 0 heterocycles. The summed E-state index contributed by atoms with van der Waals surface area (Å²) in [5.74, 6) is 0. The van der Waals surface area contributed by atoms with Gasteiger partial charge in [0.05, 0.1) is 18.4 Å². The molecule has 154 valence electrons. The topological polar surface area (TPSA) is 52.1 Å². The Morgan fingerprint density at radius 1 is 1.14 bits per heavy atom. The van der Waals surface area contributed by atoms with E-state index in [2.05, 4.69) is 17.2 Å². The Bertz CT molecular complexity index is 914. The van der Waals surface area contributed by atoms with E-state index < -0.39 is 11.7 Å². The van der Waals surface area contributed by atoms with Gasteiger partial charge in [0.1, 0.15) is 13.7 Å². The minimum absolute atomic E-state index is 0.0587. The molecule has 0 bridgehead atoms. The smallest absolute Gasteiger partial charge is 0.416 e. The maximum atomic E-state index is 12.9. The molecule has 2 rings (SSSR count). The lowest BCUT2D eigenvalue weighted by Crippen LogP contribution is -2.19. The Hall–Kier alpha value is -2.91. The number of hydroxylamine groups is 1. The summed E-state index contributed by atoms with van der Waals surface area (Å²) < 4.78 is 43.6. The number of rotatable bonds is 8. The van der Waals surface area contributed by atoms with Crippen molar-refractivity contribution in [1.29, 1.82) is 0 Å². The fourth-order valence-corrected chi connectivity index (χ4v) is 2.55. The predicted molar refractivity (Wildman–Crippen MR) is 108 cm³/mol. The molecular weight excluding hydrogens is 405 g/mol. The van der Waals surface area contributed by atoms with Crippen LogP contribution in [0.1, 0.15) is 22.3 Å². The highest BCUT2D eigenvalue weighted by Gasteiger charge is 2.30. The Balaban J connectivity index is 2.11. The van der Waals surface area contributed by atoms with Crippen LogP contribution in [0, 0.1) is 0 Å². The number of methoxy groups -OCH3 is 1. The zero-order valence-electron chi connectivity index (χ0n) is 15.7. The highest BCUT2D eigenvalue weighted by molar-refractivity contribution is 7.81. The van der Waals surface area contributed by atoms with Gasteiger partial charge >= 0.3 is 6.18 Å². The van der Waals surface area contributed by atoms with Crippen LogP contribution in [0.15, 0.2) is 60.3 Å². The largest absolute Gasteiger partial charge is 0.485 e. The number of thiocarbonyl (C=S) groups is 1. The molecule has 0 atom stereocenters. The van der Waals surface area contributed by atoms with Gasteiger partial charge in [0.25, 0.3) is 0 Å². The van der Waals surface area contributed by atoms with E-state index in [1.165, 1.54) is 26.4 Å². The highest BCUT2D eigenvalue weighted by atomic mass is 32.1. The second-order valence-corrected chi connectivity index (χ2v) is 6.09. The molecule has 29 heavy (non-hydrogen) atoms. The number of alkyl halides is 3. The van der Waals surface area contributed by atoms with Gasteiger partial charge in [-0.3, -0.25) is 10.3 Å². The first-order chi connectivity index (χ1) is 13.8. The zero-order chi connectivity index (χ0) is 21.4. The third-order valence-electron chi connectivity index (χ3n) is 3.80. The molecule has 0 spiro atoms. The average molecular weight is 424 g/mol. The monoisotopic (exact) mass is 424 g/mol. The summed E-state index contributed by atoms with van der Waals surface area (Å²) in [5, 5.41) is 4.04. The summed E-state index contributed by atoms with van der Waals surface area (Å²) in [6.45, 7) is 3.78. The first-order valence-electron chi connectivity index (χ1n) is 8.30. The summed E-state index contributed by atoms with van der Waals surface area (Å²) in [7, 11) is 2.81. The lowest BCUT2D eigenvalue weighted by atomic mass is 10.0. The molecule has 0 fully saturated rings. The molecule has 5 nitrogen and oxygen atoms in total. The summed E-state index contributed by atoms with van der Waals surface area (Å²) in [5.41, 5.74) is 3.90. The van der Waals surface area contributed by atoms with E-state index in [9.17, 15) is 13.2 Å². The van der Waals surface area contributed by atoms with Crippen LogP contribution in [-0.4, -0.2) is 25.0 Å². The van der Waals surface area contributed by atoms with Gasteiger partial charge in [-0.15, -0.1) is 0 Å². The highest BCUT2D eigenvalue weighted by Crippen LogP contribution is 2.30. The van der Waals surface area contributed by atoms with E-state index in [1.54, 1.807) is 24.3 Å². The number of hydrogen-bond donors (Lipinski definition) is 1. The van der Waals surface area contributed by atoms with Gasteiger partial charge in [0.2, 0.25) is 5.05 Å². The first-order valence-corrected chi connectivity index (χ1v) is 8.70. The lowest BCUT2D eigenvalue weighted by Gasteiger charge is -2.14. The van der Waals surface area contributed by atoms with Crippen molar-refractivity contribution >= 4 is 28.7 Å². The van der Waals surface area contributed by atoms with Crippen molar-refractivity contribution in [2.75, 3.05) is 14.2 Å². The average Bonchev–Trinajstić information content (AvgIpc) is 2.71. The van der Waals surface area contributed by atoms with Crippen molar-refractivity contribution in [1.82, 2.24) is 5.48 Å². The van der Waals surface area contributed by atoms with Crippen LogP contribution in [0.25, 0.3) is 5.70 Å². The van der Waals surface area contributed by atoms with E-state index in [-0.39, 0.29) is 22.9 Å². The van der Waals surface area contributed by atoms with Crippen LogP contribution < -0.4 is 5.48 Å². The molecule has 2 aromatic rings. The number of benzene rings is 2. The van der Waals surface area contributed by atoms with Gasteiger partial charge in [0.15, 0.2) is 5.71 Å². The molecule has 0 aliphatic heterocycles. The Morgan fingerprint density at radius 3 is 2.52 bits per heavy atom. The Kier molecular flexibility index (Phi) is 7.74. The molecule has 1 N–H and O–H groups in total. The summed E-state index contributed by atoms with van der Waals surface area (Å²) in [6.07, 6.45) is -4.44. The minimum atomic E-state index is -4.44. The molecule has 9 heteroatoms. The van der Waals surface area contributed by atoms with Crippen molar-refractivity contribution in [3.05, 3.63) is 77.4 Å². The van der Waals surface area contributed by atoms with Crippen molar-refractivity contribution < 1.29 is 27.6 Å². The van der Waals surface area contributed by atoms with Gasteiger partial charge < -0.3 is 9.57 Å². The minimum Gasteiger partial charge on any atom is -0.485 e. The maximum Gasteiger partial charge on any atom is 0.416 e. The van der Waals surface area contributed by atoms with Crippen molar-refractivity contribution in [2.45, 2.75) is 12.8 Å². The second kappa shape index (κ2) is 10.0. The number of nitrogens with one attached hydrogen (secondary N) is 1. The van der Waals surface area contributed by atoms with Gasteiger partial charge in [-0.2, -0.15) is 13.2 Å². The van der Waals surface area contributed by atoms with Crippen LogP contribution in [0.5, 0.6) is 0 Å². The fourth-order valence-electron chi connectivity index (χ4n) is 2.40. The second-order valence-electron chi connectivity index (χ2n) is 5.72. The van der Waals surface area contributed by atoms with Crippen molar-refractivity contribution in [3.8, 4) is 0 Å². The van der Waals surface area contributed by atoms with E-state index in [4.69, 9.17) is 26.6 Å². The molecule has 2 aromatic carbocycles. The molecule has 0 unspecified atom stereocenters. The molecular formula is C20H19F3N2O3S. The molecule has 0 aromatic heterocycles. The fraction of sp³-hybridized carbons (Fsp3) is 0.200. The maximum absolute atomic E-state index is 12.9. The quantitative estimate of drug-likeness (QED) is 0.378. The normalized spacial score (nSPS) is 11.7. The Labute approximate surface area is 171 Å². The first kappa shape index (κ1) is 22.4. The van der Waals surface area contributed by atoms with Gasteiger partial charge in [-0.05, 0) is 35.5 Å². The Morgan fingerprint density at radius 2 is 1.86 bits per heavy atom. The number of ether oxygens (including phenoxy) is 1. The van der Waals surface area contributed by atoms with Crippen LogP contribution in [-0.2, 0) is 27.2 Å².